The predicted molar refractivity (Wildman–Crippen MR) is 72.1 cm³/mol. The molecule has 0 bridgehead atoms. The van der Waals surface area contributed by atoms with Gasteiger partial charge in [-0.25, -0.2) is 0 Å². The molecule has 0 radical (unpaired) electrons. The van der Waals surface area contributed by atoms with Crippen LogP contribution in [0.3, 0.4) is 0 Å². The average Bonchev–Trinajstić information content (AvgIpc) is 2.33. The maximum absolute atomic E-state index is 5.47. The summed E-state index contributed by atoms with van der Waals surface area (Å²) in [6, 6.07) is 2.38. The molecule has 0 aromatic heterocycles. The molecule has 0 aliphatic rings. The van der Waals surface area contributed by atoms with Gasteiger partial charge in [0.25, 0.3) is 0 Å². The van der Waals surface area contributed by atoms with Crippen LogP contribution in [0.5, 0.6) is 0 Å². The zero-order chi connectivity index (χ0) is 13.4. The van der Waals surface area contributed by atoms with Crippen molar-refractivity contribution in [2.24, 2.45) is 0 Å². The minimum atomic E-state index is -2.16. The molecule has 0 heterocycles. The molecular formula is C12H24BrNO3Si. The van der Waals surface area contributed by atoms with Gasteiger partial charge < -0.3 is 17.0 Å². The van der Waals surface area contributed by atoms with Crippen molar-refractivity contribution < 1.29 is 36.1 Å². The van der Waals surface area contributed by atoms with E-state index in [4.69, 9.17) is 14.5 Å². The summed E-state index contributed by atoms with van der Waals surface area (Å²) in [5.74, 6) is 0. The predicted octanol–water partition coefficient (Wildman–Crippen LogP) is -0.00510. The third kappa shape index (κ3) is 3.88. The maximum atomic E-state index is 5.47. The van der Waals surface area contributed by atoms with Crippen molar-refractivity contribution in [3.05, 3.63) is 38.0 Å². The Hall–Kier alpha value is -0.243. The second-order valence-corrected chi connectivity index (χ2v) is 7.97. The van der Waals surface area contributed by atoms with Crippen molar-refractivity contribution in [3.8, 4) is 0 Å². The highest BCUT2D eigenvalue weighted by molar-refractivity contribution is 6.73. The van der Waals surface area contributed by atoms with E-state index in [1.54, 1.807) is 21.3 Å². The lowest BCUT2D eigenvalue weighted by molar-refractivity contribution is -1.30. The molecule has 0 saturated heterocycles. The van der Waals surface area contributed by atoms with Gasteiger partial charge in [0.15, 0.2) is 0 Å². The van der Waals surface area contributed by atoms with E-state index in [2.05, 4.69) is 19.7 Å². The van der Waals surface area contributed by atoms with Crippen LogP contribution >= 0.6 is 0 Å². The zero-order valence-corrected chi connectivity index (χ0v) is 14.1. The van der Waals surface area contributed by atoms with Crippen LogP contribution in [-0.2, 0) is 14.5 Å². The highest BCUT2D eigenvalue weighted by Gasteiger charge is 2.59. The van der Waals surface area contributed by atoms with Crippen LogP contribution < -0.4 is 17.0 Å². The van der Waals surface area contributed by atoms with Crippen molar-refractivity contribution in [2.45, 2.75) is 18.1 Å². The van der Waals surface area contributed by atoms with Gasteiger partial charge in [-0.2, -0.15) is 14.5 Å². The van der Waals surface area contributed by atoms with Gasteiger partial charge in [-0.15, -0.1) is 19.7 Å². The van der Waals surface area contributed by atoms with E-state index in [9.17, 15) is 0 Å². The molecule has 0 aliphatic carbocycles. The summed E-state index contributed by atoms with van der Waals surface area (Å²) < 4.78 is -0.239. The van der Waals surface area contributed by atoms with Crippen LogP contribution in [0.4, 0.5) is 0 Å². The van der Waals surface area contributed by atoms with Crippen LogP contribution in [0.25, 0.3) is 0 Å². The third-order valence-electron chi connectivity index (χ3n) is 2.87. The minimum Gasteiger partial charge on any atom is -1.00 e. The molecule has 0 aromatic rings. The van der Waals surface area contributed by atoms with E-state index < -0.39 is 8.24 Å². The zero-order valence-electron chi connectivity index (χ0n) is 11.5. The molecule has 0 aliphatic heterocycles. The first-order valence-electron chi connectivity index (χ1n) is 5.51. The quantitative estimate of drug-likeness (QED) is 0.319. The Kier molecular flexibility index (Phi) is 10.8. The lowest BCUT2D eigenvalue weighted by Crippen LogP contribution is -3.00. The van der Waals surface area contributed by atoms with Crippen LogP contribution in [0.1, 0.15) is 0 Å². The van der Waals surface area contributed by atoms with E-state index in [0.29, 0.717) is 0 Å². The average molecular weight is 338 g/mol. The van der Waals surface area contributed by atoms with Crippen LogP contribution in [0.2, 0.25) is 18.1 Å². The van der Waals surface area contributed by atoms with Crippen molar-refractivity contribution in [3.63, 3.8) is 0 Å². The first-order valence-corrected chi connectivity index (χ1v) is 8.07. The number of hydrogen-bond acceptors (Lipinski definition) is 3. The molecule has 0 atom stereocenters. The molecule has 106 valence electrons. The SMILES string of the molecule is C=CC[Si](CC=C)(CC=C)[N+](OC)(OC)OC.[Br-]. The van der Waals surface area contributed by atoms with Crippen LogP contribution in [-0.4, -0.2) is 34.2 Å². The molecule has 0 fully saturated rings. The Labute approximate surface area is 122 Å². The van der Waals surface area contributed by atoms with E-state index in [0.717, 1.165) is 18.1 Å². The fourth-order valence-electron chi connectivity index (χ4n) is 2.20. The standard InChI is InChI=1S/C12H24NO3Si.BrH/c1-7-10-17(11-8-2,12-9-3)13(14-4,15-5)16-6;/h7-9H,1-3,10-12H2,4-6H3;1H/q+1;/p-1. The van der Waals surface area contributed by atoms with Crippen molar-refractivity contribution in [1.29, 1.82) is 0 Å². The van der Waals surface area contributed by atoms with Gasteiger partial charge in [-0.05, 0) is 0 Å². The summed E-state index contributed by atoms with van der Waals surface area (Å²) in [7, 11) is 2.56. The largest absolute Gasteiger partial charge is 1.00 e. The van der Waals surface area contributed by atoms with Crippen molar-refractivity contribution in [1.82, 2.24) is 0 Å². The summed E-state index contributed by atoms with van der Waals surface area (Å²) in [6.07, 6.45) is 5.63. The molecule has 0 rings (SSSR count). The Morgan fingerprint density at radius 2 is 1.11 bits per heavy atom. The normalized spacial score (nSPS) is 11.5. The molecule has 18 heavy (non-hydrogen) atoms. The number of allylic oxidation sites excluding steroid dienone is 3. The Morgan fingerprint density at radius 1 is 0.833 bits per heavy atom. The lowest BCUT2D eigenvalue weighted by atomic mass is 10.7. The number of quaternary nitrogens is 1. The van der Waals surface area contributed by atoms with Gasteiger partial charge in [-0.1, -0.05) is 18.2 Å². The Morgan fingerprint density at radius 3 is 1.28 bits per heavy atom. The van der Waals surface area contributed by atoms with E-state index in [1.807, 2.05) is 18.2 Å². The van der Waals surface area contributed by atoms with Gasteiger partial charge >= 0.3 is 8.24 Å². The summed E-state index contributed by atoms with van der Waals surface area (Å²) in [6.45, 7) is 11.4. The Bertz CT molecular complexity index is 235. The van der Waals surface area contributed by atoms with Crippen LogP contribution in [0, 0.1) is 0 Å². The number of rotatable bonds is 10. The molecule has 0 aromatic carbocycles. The monoisotopic (exact) mass is 337 g/mol. The number of nitrogens with zero attached hydrogens (tertiary/aromatic N) is 1. The highest BCUT2D eigenvalue weighted by atomic mass is 79.9. The first kappa shape index (κ1) is 20.1. The van der Waals surface area contributed by atoms with Gasteiger partial charge in [-0.3, -0.25) is 0 Å². The topological polar surface area (TPSA) is 27.7 Å². The third-order valence-corrected chi connectivity index (χ3v) is 7.73. The molecule has 0 saturated carbocycles. The summed E-state index contributed by atoms with van der Waals surface area (Å²) >= 11 is 0. The van der Waals surface area contributed by atoms with Crippen molar-refractivity contribution in [2.75, 3.05) is 21.3 Å². The molecule has 0 amide bonds. The Balaban J connectivity index is 0. The van der Waals surface area contributed by atoms with Gasteiger partial charge in [0.05, 0.1) is 0 Å². The lowest BCUT2D eigenvalue weighted by Gasteiger charge is -2.39. The second kappa shape index (κ2) is 9.66. The van der Waals surface area contributed by atoms with Gasteiger partial charge in [0.2, 0.25) is 0 Å². The number of halogens is 1. The molecule has 6 heteroatoms. The number of hydrogen-bond donors (Lipinski definition) is 0. The maximum Gasteiger partial charge on any atom is 0.406 e. The molecular weight excluding hydrogens is 314 g/mol. The van der Waals surface area contributed by atoms with Crippen molar-refractivity contribution >= 4 is 8.24 Å². The summed E-state index contributed by atoms with van der Waals surface area (Å²) in [5.41, 5.74) is 0. The fraction of sp³-hybridized carbons (Fsp3) is 0.500. The molecule has 4 nitrogen and oxygen atoms in total. The van der Waals surface area contributed by atoms with E-state index >= 15 is 0 Å². The smallest absolute Gasteiger partial charge is 0.406 e. The first-order chi connectivity index (χ1) is 8.11. The second-order valence-electron chi connectivity index (χ2n) is 3.75. The van der Waals surface area contributed by atoms with E-state index in [-0.39, 0.29) is 21.6 Å². The fourth-order valence-corrected chi connectivity index (χ4v) is 6.14. The molecule has 0 unspecified atom stereocenters. The van der Waals surface area contributed by atoms with Gasteiger partial charge in [0.1, 0.15) is 21.3 Å². The molecule has 0 spiro atoms. The summed E-state index contributed by atoms with van der Waals surface area (Å²) in [5, 5.41) is 0. The van der Waals surface area contributed by atoms with E-state index in [1.165, 1.54) is 0 Å². The molecule has 0 N–H and O–H groups in total. The minimum absolute atomic E-state index is 0. The van der Waals surface area contributed by atoms with Crippen LogP contribution in [0.15, 0.2) is 38.0 Å². The highest BCUT2D eigenvalue weighted by Crippen LogP contribution is 2.34. The van der Waals surface area contributed by atoms with Gasteiger partial charge in [0, 0.05) is 22.8 Å². The summed E-state index contributed by atoms with van der Waals surface area (Å²) in [4.78, 5) is 16.4.